The maximum Gasteiger partial charge on any atom is 0.241 e. The highest BCUT2D eigenvalue weighted by atomic mass is 16.2. The van der Waals surface area contributed by atoms with E-state index < -0.39 is 0 Å². The third-order valence-corrected chi connectivity index (χ3v) is 4.68. The lowest BCUT2D eigenvalue weighted by Gasteiger charge is -2.31. The number of aromatic nitrogens is 4. The third-order valence-electron chi connectivity index (χ3n) is 4.68. The van der Waals surface area contributed by atoms with E-state index in [1.807, 2.05) is 43.1 Å². The molecule has 0 unspecified atom stereocenters. The van der Waals surface area contributed by atoms with Gasteiger partial charge in [0.1, 0.15) is 0 Å². The topological polar surface area (TPSA) is 75.9 Å². The van der Waals surface area contributed by atoms with Gasteiger partial charge in [-0.2, -0.15) is 4.68 Å². The molecular weight excluding hydrogens is 304 g/mol. The Kier molecular flexibility index (Phi) is 5.08. The first-order valence-corrected chi connectivity index (χ1v) is 8.50. The summed E-state index contributed by atoms with van der Waals surface area (Å²) in [5, 5.41) is 14.7. The molecule has 0 radical (unpaired) electrons. The van der Waals surface area contributed by atoms with Crippen molar-refractivity contribution < 1.29 is 4.79 Å². The molecule has 24 heavy (non-hydrogen) atoms. The summed E-state index contributed by atoms with van der Waals surface area (Å²) in [6.07, 6.45) is 5.98. The van der Waals surface area contributed by atoms with Gasteiger partial charge >= 0.3 is 0 Å². The molecule has 1 aromatic carbocycles. The van der Waals surface area contributed by atoms with Crippen molar-refractivity contribution >= 4 is 11.6 Å². The molecule has 1 N–H and O–H groups in total. The lowest BCUT2D eigenvalue weighted by Crippen LogP contribution is -2.41. The van der Waals surface area contributed by atoms with Gasteiger partial charge in [0.05, 0.1) is 12.2 Å². The lowest BCUT2D eigenvalue weighted by molar-refractivity contribution is -0.130. The molecule has 1 amide bonds. The molecule has 1 aliphatic rings. The first-order chi connectivity index (χ1) is 11.6. The summed E-state index contributed by atoms with van der Waals surface area (Å²) >= 11 is 0. The number of anilines is 1. The molecule has 7 nitrogen and oxygen atoms in total. The minimum Gasteiger partial charge on any atom is -0.376 e. The largest absolute Gasteiger partial charge is 0.376 e. The molecule has 1 heterocycles. The first kappa shape index (κ1) is 16.4. The van der Waals surface area contributed by atoms with Gasteiger partial charge in [0.25, 0.3) is 0 Å². The molecule has 0 atom stereocenters. The Hall–Kier alpha value is -2.44. The van der Waals surface area contributed by atoms with E-state index in [4.69, 9.17) is 0 Å². The van der Waals surface area contributed by atoms with Crippen LogP contribution in [0.1, 0.15) is 37.9 Å². The minimum absolute atomic E-state index is 0.130. The predicted octanol–water partition coefficient (Wildman–Crippen LogP) is 2.17. The molecule has 7 heteroatoms. The van der Waals surface area contributed by atoms with Crippen molar-refractivity contribution in [3.63, 3.8) is 0 Å². The number of rotatable bonds is 5. The van der Waals surface area contributed by atoms with Gasteiger partial charge in [-0.15, -0.1) is 5.10 Å². The molecule has 3 rings (SSSR count). The molecular formula is C17H24N6O. The smallest absolute Gasteiger partial charge is 0.241 e. The standard InChI is InChI=1S/C17H24N6O/c1-13-19-20-21-23(13)16-10-6-7-14(11-16)18-12-17(24)22(2)15-8-4-3-5-9-15/h6-7,10-11,15,18H,3-5,8-9,12H2,1-2H3. The summed E-state index contributed by atoms with van der Waals surface area (Å²) in [6.45, 7) is 2.15. The first-order valence-electron chi connectivity index (χ1n) is 8.50. The summed E-state index contributed by atoms with van der Waals surface area (Å²) in [7, 11) is 1.92. The zero-order chi connectivity index (χ0) is 16.9. The third kappa shape index (κ3) is 3.72. The van der Waals surface area contributed by atoms with E-state index >= 15 is 0 Å². The maximum absolute atomic E-state index is 12.4. The Morgan fingerprint density at radius 3 is 2.83 bits per heavy atom. The fourth-order valence-corrected chi connectivity index (χ4v) is 3.19. The zero-order valence-electron chi connectivity index (χ0n) is 14.3. The Bertz CT molecular complexity index is 692. The van der Waals surface area contributed by atoms with Crippen LogP contribution in [-0.4, -0.2) is 50.6 Å². The van der Waals surface area contributed by atoms with Crippen LogP contribution in [0.15, 0.2) is 24.3 Å². The van der Waals surface area contributed by atoms with Crippen molar-refractivity contribution in [1.29, 1.82) is 0 Å². The number of aryl methyl sites for hydroxylation is 1. The fourth-order valence-electron chi connectivity index (χ4n) is 3.19. The highest BCUT2D eigenvalue weighted by Crippen LogP contribution is 2.22. The number of nitrogens with zero attached hydrogens (tertiary/aromatic N) is 5. The molecule has 128 valence electrons. The van der Waals surface area contributed by atoms with Gasteiger partial charge in [-0.25, -0.2) is 0 Å². The highest BCUT2D eigenvalue weighted by Gasteiger charge is 2.21. The van der Waals surface area contributed by atoms with Crippen LogP contribution in [0.5, 0.6) is 0 Å². The van der Waals surface area contributed by atoms with E-state index in [0.29, 0.717) is 12.6 Å². The van der Waals surface area contributed by atoms with Gasteiger partial charge in [-0.1, -0.05) is 25.3 Å². The predicted molar refractivity (Wildman–Crippen MR) is 92.0 cm³/mol. The van der Waals surface area contributed by atoms with Crippen LogP contribution in [0.4, 0.5) is 5.69 Å². The Labute approximate surface area is 142 Å². The van der Waals surface area contributed by atoms with E-state index in [1.165, 1.54) is 19.3 Å². The summed E-state index contributed by atoms with van der Waals surface area (Å²) in [5.41, 5.74) is 1.75. The summed E-state index contributed by atoms with van der Waals surface area (Å²) in [5.74, 6) is 0.853. The second-order valence-corrected chi connectivity index (χ2v) is 6.34. The molecule has 0 bridgehead atoms. The number of carbonyl (C=O) groups is 1. The van der Waals surface area contributed by atoms with Crippen molar-refractivity contribution in [1.82, 2.24) is 25.1 Å². The van der Waals surface area contributed by atoms with Crippen LogP contribution in [0, 0.1) is 6.92 Å². The average Bonchev–Trinajstić information content (AvgIpc) is 3.06. The van der Waals surface area contributed by atoms with Gasteiger partial charge in [-0.3, -0.25) is 4.79 Å². The lowest BCUT2D eigenvalue weighted by atomic mass is 9.94. The van der Waals surface area contributed by atoms with E-state index in [-0.39, 0.29) is 5.91 Å². The summed E-state index contributed by atoms with van der Waals surface area (Å²) in [6, 6.07) is 8.13. The maximum atomic E-state index is 12.4. The van der Waals surface area contributed by atoms with Crippen LogP contribution < -0.4 is 5.32 Å². The van der Waals surface area contributed by atoms with Crippen molar-refractivity contribution in [2.75, 3.05) is 18.9 Å². The number of tetrazole rings is 1. The van der Waals surface area contributed by atoms with Gasteiger partial charge in [0.2, 0.25) is 5.91 Å². The molecule has 1 fully saturated rings. The number of likely N-dealkylation sites (N-methyl/N-ethyl adjacent to an activating group) is 1. The van der Waals surface area contributed by atoms with Gasteiger partial charge in [-0.05, 0) is 48.4 Å². The average molecular weight is 328 g/mol. The van der Waals surface area contributed by atoms with Crippen LogP contribution in [0.25, 0.3) is 5.69 Å². The van der Waals surface area contributed by atoms with Crippen molar-refractivity contribution in [2.24, 2.45) is 0 Å². The van der Waals surface area contributed by atoms with Crippen molar-refractivity contribution in [3.8, 4) is 5.69 Å². The highest BCUT2D eigenvalue weighted by molar-refractivity contribution is 5.81. The van der Waals surface area contributed by atoms with Crippen LogP contribution in [-0.2, 0) is 4.79 Å². The number of hydrogen-bond acceptors (Lipinski definition) is 5. The van der Waals surface area contributed by atoms with Gasteiger partial charge in [0, 0.05) is 18.8 Å². The Morgan fingerprint density at radius 1 is 1.33 bits per heavy atom. The SMILES string of the molecule is Cc1nnnn1-c1cccc(NCC(=O)N(C)C2CCCCC2)c1. The second kappa shape index (κ2) is 7.42. The Morgan fingerprint density at radius 2 is 2.12 bits per heavy atom. The van der Waals surface area contributed by atoms with E-state index in [9.17, 15) is 4.79 Å². The van der Waals surface area contributed by atoms with Crippen LogP contribution in [0.3, 0.4) is 0 Å². The summed E-state index contributed by atoms with van der Waals surface area (Å²) in [4.78, 5) is 14.3. The molecule has 1 aromatic heterocycles. The number of benzene rings is 1. The molecule has 1 aliphatic carbocycles. The summed E-state index contributed by atoms with van der Waals surface area (Å²) < 4.78 is 1.67. The number of nitrogens with one attached hydrogen (secondary N) is 1. The van der Waals surface area contributed by atoms with Gasteiger partial charge in [0.15, 0.2) is 5.82 Å². The fraction of sp³-hybridized carbons (Fsp3) is 0.529. The quantitative estimate of drug-likeness (QED) is 0.910. The molecule has 1 saturated carbocycles. The molecule has 0 aliphatic heterocycles. The molecule has 2 aromatic rings. The van der Waals surface area contributed by atoms with E-state index in [1.54, 1.807) is 4.68 Å². The van der Waals surface area contributed by atoms with Crippen LogP contribution >= 0.6 is 0 Å². The molecule has 0 saturated heterocycles. The Balaban J connectivity index is 1.60. The zero-order valence-corrected chi connectivity index (χ0v) is 14.3. The normalized spacial score (nSPS) is 15.2. The number of hydrogen-bond donors (Lipinski definition) is 1. The second-order valence-electron chi connectivity index (χ2n) is 6.34. The van der Waals surface area contributed by atoms with Crippen molar-refractivity contribution in [2.45, 2.75) is 45.1 Å². The minimum atomic E-state index is 0.130. The molecule has 0 spiro atoms. The number of carbonyl (C=O) groups excluding carboxylic acids is 1. The van der Waals surface area contributed by atoms with Crippen LogP contribution in [0.2, 0.25) is 0 Å². The van der Waals surface area contributed by atoms with Gasteiger partial charge < -0.3 is 10.2 Å². The van der Waals surface area contributed by atoms with E-state index in [0.717, 1.165) is 30.0 Å². The van der Waals surface area contributed by atoms with Crippen molar-refractivity contribution in [3.05, 3.63) is 30.1 Å². The number of amides is 1. The monoisotopic (exact) mass is 328 g/mol. The van der Waals surface area contributed by atoms with E-state index in [2.05, 4.69) is 20.8 Å².